The molecule has 0 saturated carbocycles. The quantitative estimate of drug-likeness (QED) is 0.811. The number of ether oxygens (including phenoxy) is 2. The molecule has 0 aromatic heterocycles. The Morgan fingerprint density at radius 3 is 2.16 bits per heavy atom. The minimum atomic E-state index is -0.663. The molecular formula is C17H15ClN2O5. The Kier molecular flexibility index (Phi) is 5.97. The van der Waals surface area contributed by atoms with Gasteiger partial charge in [-0.2, -0.15) is 0 Å². The number of hydrogen-bond donors (Lipinski definition) is 2. The monoisotopic (exact) mass is 362 g/mol. The third kappa shape index (κ3) is 4.48. The molecule has 0 spiro atoms. The van der Waals surface area contributed by atoms with Gasteiger partial charge in [0.2, 0.25) is 0 Å². The van der Waals surface area contributed by atoms with Crippen LogP contribution in [0.25, 0.3) is 0 Å². The molecule has 25 heavy (non-hydrogen) atoms. The number of hydrogen-bond acceptors (Lipinski definition) is 5. The summed E-state index contributed by atoms with van der Waals surface area (Å²) in [5, 5.41) is 5.41. The fourth-order valence-electron chi connectivity index (χ4n) is 2.02. The van der Waals surface area contributed by atoms with Gasteiger partial charge in [0.05, 0.1) is 41.7 Å². The van der Waals surface area contributed by atoms with Gasteiger partial charge in [-0.3, -0.25) is 0 Å². The van der Waals surface area contributed by atoms with Crippen LogP contribution in [0.5, 0.6) is 0 Å². The Labute approximate surface area is 148 Å². The molecule has 2 amide bonds. The predicted molar refractivity (Wildman–Crippen MR) is 93.2 cm³/mol. The second-order valence-corrected chi connectivity index (χ2v) is 5.21. The van der Waals surface area contributed by atoms with E-state index in [2.05, 4.69) is 20.1 Å². The van der Waals surface area contributed by atoms with E-state index in [1.165, 1.54) is 32.4 Å². The predicted octanol–water partition coefficient (Wildman–Crippen LogP) is 3.56. The lowest BCUT2D eigenvalue weighted by Crippen LogP contribution is -2.22. The number of anilines is 2. The zero-order valence-electron chi connectivity index (χ0n) is 13.5. The van der Waals surface area contributed by atoms with Crippen molar-refractivity contribution in [3.8, 4) is 0 Å². The summed E-state index contributed by atoms with van der Waals surface area (Å²) < 4.78 is 9.31. The van der Waals surface area contributed by atoms with Gasteiger partial charge < -0.3 is 20.1 Å². The highest BCUT2D eigenvalue weighted by atomic mass is 35.5. The second kappa shape index (κ2) is 8.16. The van der Waals surface area contributed by atoms with Gasteiger partial charge in [0.15, 0.2) is 0 Å². The largest absolute Gasteiger partial charge is 0.465 e. The first kappa shape index (κ1) is 18.3. The van der Waals surface area contributed by atoms with Crippen molar-refractivity contribution in [3.63, 3.8) is 0 Å². The molecule has 0 aliphatic heterocycles. The Hall–Kier alpha value is -3.06. The molecule has 0 unspecified atom stereocenters. The van der Waals surface area contributed by atoms with E-state index in [1.807, 2.05) is 0 Å². The van der Waals surface area contributed by atoms with Gasteiger partial charge in [0.25, 0.3) is 0 Å². The van der Waals surface area contributed by atoms with Crippen LogP contribution in [0, 0.1) is 0 Å². The van der Waals surface area contributed by atoms with Gasteiger partial charge in [-0.25, -0.2) is 14.4 Å². The van der Waals surface area contributed by atoms with Crippen molar-refractivity contribution >= 4 is 40.9 Å². The maximum atomic E-state index is 12.2. The van der Waals surface area contributed by atoms with Crippen LogP contribution in [0.4, 0.5) is 16.2 Å². The highest BCUT2D eigenvalue weighted by Crippen LogP contribution is 2.23. The fourth-order valence-corrected chi connectivity index (χ4v) is 2.20. The van der Waals surface area contributed by atoms with Crippen LogP contribution in [0.3, 0.4) is 0 Å². The average molecular weight is 363 g/mol. The number of carbonyl (C=O) groups excluding carboxylic acids is 3. The Balaban J connectivity index is 2.29. The summed E-state index contributed by atoms with van der Waals surface area (Å²) in [5.74, 6) is -1.27. The molecule has 7 nitrogen and oxygen atoms in total. The van der Waals surface area contributed by atoms with E-state index < -0.39 is 18.0 Å². The van der Waals surface area contributed by atoms with E-state index in [1.54, 1.807) is 24.3 Å². The van der Waals surface area contributed by atoms with Crippen LogP contribution >= 0.6 is 11.6 Å². The standard InChI is InChI=1S/C17H15ClN2O5/c1-24-15(21)10-7-8-11(16(22)25-2)14(9-10)20-17(23)19-13-6-4-3-5-12(13)18/h3-9H,1-2H3,(H2,19,20,23). The summed E-state index contributed by atoms with van der Waals surface area (Å²) in [7, 11) is 2.44. The van der Waals surface area contributed by atoms with Gasteiger partial charge in [-0.1, -0.05) is 23.7 Å². The maximum absolute atomic E-state index is 12.2. The molecule has 0 saturated heterocycles. The number of para-hydroxylation sites is 1. The topological polar surface area (TPSA) is 93.7 Å². The van der Waals surface area contributed by atoms with Gasteiger partial charge in [-0.05, 0) is 30.3 Å². The summed E-state index contributed by atoms with van der Waals surface area (Å²) in [6.45, 7) is 0. The number of urea groups is 1. The van der Waals surface area contributed by atoms with Gasteiger partial charge in [-0.15, -0.1) is 0 Å². The number of rotatable bonds is 4. The van der Waals surface area contributed by atoms with Crippen molar-refractivity contribution in [1.82, 2.24) is 0 Å². The van der Waals surface area contributed by atoms with E-state index in [0.717, 1.165) is 0 Å². The third-order valence-corrected chi connectivity index (χ3v) is 3.55. The first-order valence-corrected chi connectivity index (χ1v) is 7.47. The van der Waals surface area contributed by atoms with Crippen LogP contribution in [0.15, 0.2) is 42.5 Å². The van der Waals surface area contributed by atoms with E-state index in [4.69, 9.17) is 11.6 Å². The summed E-state index contributed by atoms with van der Waals surface area (Å²) in [4.78, 5) is 35.7. The van der Waals surface area contributed by atoms with Gasteiger partial charge in [0.1, 0.15) is 0 Å². The number of amides is 2. The Morgan fingerprint density at radius 1 is 0.880 bits per heavy atom. The first-order chi connectivity index (χ1) is 12.0. The molecule has 0 radical (unpaired) electrons. The normalized spacial score (nSPS) is 9.88. The molecule has 0 fully saturated rings. The molecule has 0 bridgehead atoms. The highest BCUT2D eigenvalue weighted by Gasteiger charge is 2.17. The zero-order chi connectivity index (χ0) is 18.4. The molecule has 2 aromatic carbocycles. The summed E-state index contributed by atoms with van der Waals surface area (Å²) >= 11 is 5.98. The lowest BCUT2D eigenvalue weighted by Gasteiger charge is -2.12. The van der Waals surface area contributed by atoms with Crippen molar-refractivity contribution in [2.24, 2.45) is 0 Å². The minimum Gasteiger partial charge on any atom is -0.465 e. The summed E-state index contributed by atoms with van der Waals surface area (Å²) in [5.41, 5.74) is 0.748. The van der Waals surface area contributed by atoms with E-state index in [0.29, 0.717) is 10.7 Å². The van der Waals surface area contributed by atoms with Crippen molar-refractivity contribution in [2.45, 2.75) is 0 Å². The Morgan fingerprint density at radius 2 is 1.52 bits per heavy atom. The summed E-state index contributed by atoms with van der Waals surface area (Å²) in [6, 6.07) is 10.1. The maximum Gasteiger partial charge on any atom is 0.339 e. The second-order valence-electron chi connectivity index (χ2n) is 4.80. The number of nitrogens with one attached hydrogen (secondary N) is 2. The van der Waals surface area contributed by atoms with Crippen LogP contribution in [-0.4, -0.2) is 32.2 Å². The molecule has 130 valence electrons. The molecule has 0 atom stereocenters. The van der Waals surface area contributed by atoms with Crippen molar-refractivity contribution in [3.05, 3.63) is 58.6 Å². The minimum absolute atomic E-state index is 0.0875. The SMILES string of the molecule is COC(=O)c1ccc(C(=O)OC)c(NC(=O)Nc2ccccc2Cl)c1. The highest BCUT2D eigenvalue weighted by molar-refractivity contribution is 6.33. The van der Waals surface area contributed by atoms with Crippen LogP contribution in [-0.2, 0) is 9.47 Å². The lowest BCUT2D eigenvalue weighted by molar-refractivity contribution is 0.0587. The smallest absolute Gasteiger partial charge is 0.339 e. The van der Waals surface area contributed by atoms with Crippen LogP contribution < -0.4 is 10.6 Å². The summed E-state index contributed by atoms with van der Waals surface area (Å²) in [6.07, 6.45) is 0. The number of halogens is 1. The van der Waals surface area contributed by atoms with Crippen molar-refractivity contribution in [2.75, 3.05) is 24.9 Å². The first-order valence-electron chi connectivity index (χ1n) is 7.09. The van der Waals surface area contributed by atoms with Crippen molar-refractivity contribution < 1.29 is 23.9 Å². The van der Waals surface area contributed by atoms with Crippen molar-refractivity contribution in [1.29, 1.82) is 0 Å². The molecular weight excluding hydrogens is 348 g/mol. The third-order valence-electron chi connectivity index (χ3n) is 3.22. The lowest BCUT2D eigenvalue weighted by atomic mass is 10.1. The van der Waals surface area contributed by atoms with E-state index in [9.17, 15) is 14.4 Å². The molecule has 8 heteroatoms. The van der Waals surface area contributed by atoms with Gasteiger partial charge in [0, 0.05) is 0 Å². The van der Waals surface area contributed by atoms with Gasteiger partial charge >= 0.3 is 18.0 Å². The molecule has 0 aliphatic rings. The molecule has 2 aromatic rings. The molecule has 2 rings (SSSR count). The number of benzene rings is 2. The number of carbonyl (C=O) groups is 3. The molecule has 0 heterocycles. The van der Waals surface area contributed by atoms with E-state index >= 15 is 0 Å². The zero-order valence-corrected chi connectivity index (χ0v) is 14.2. The number of esters is 2. The Bertz CT molecular complexity index is 822. The average Bonchev–Trinajstić information content (AvgIpc) is 2.62. The van der Waals surface area contributed by atoms with Crippen LogP contribution in [0.2, 0.25) is 5.02 Å². The van der Waals surface area contributed by atoms with E-state index in [-0.39, 0.29) is 16.8 Å². The fraction of sp³-hybridized carbons (Fsp3) is 0.118. The van der Waals surface area contributed by atoms with Crippen LogP contribution in [0.1, 0.15) is 20.7 Å². The molecule has 2 N–H and O–H groups in total. The molecule has 0 aliphatic carbocycles. The number of methoxy groups -OCH3 is 2.